The van der Waals surface area contributed by atoms with Gasteiger partial charge in [-0.05, 0) is 55.7 Å². The van der Waals surface area contributed by atoms with Crippen molar-refractivity contribution in [3.8, 4) is 10.6 Å². The second kappa shape index (κ2) is 9.32. The average Bonchev–Trinajstić information content (AvgIpc) is 3.20. The van der Waals surface area contributed by atoms with Crippen molar-refractivity contribution in [3.63, 3.8) is 0 Å². The molecule has 0 radical (unpaired) electrons. The van der Waals surface area contributed by atoms with Crippen LogP contribution in [-0.4, -0.2) is 36.1 Å². The molecular formula is C22H23FN4O2S. The van der Waals surface area contributed by atoms with Crippen LogP contribution in [0.25, 0.3) is 10.6 Å². The van der Waals surface area contributed by atoms with Crippen LogP contribution in [0.5, 0.6) is 0 Å². The summed E-state index contributed by atoms with van der Waals surface area (Å²) in [5.74, 6) is 0.286. The predicted molar refractivity (Wildman–Crippen MR) is 115 cm³/mol. The van der Waals surface area contributed by atoms with Crippen LogP contribution in [0.3, 0.4) is 0 Å². The summed E-state index contributed by atoms with van der Waals surface area (Å²) in [6, 6.07) is 10.1. The molecule has 0 spiro atoms. The third-order valence-electron chi connectivity index (χ3n) is 4.98. The van der Waals surface area contributed by atoms with E-state index in [2.05, 4.69) is 15.6 Å². The Labute approximate surface area is 178 Å². The number of hydrogen-bond donors (Lipinski definition) is 2. The predicted octanol–water partition coefficient (Wildman–Crippen LogP) is 4.21. The fourth-order valence-electron chi connectivity index (χ4n) is 3.44. The molecular weight excluding hydrogens is 403 g/mol. The van der Waals surface area contributed by atoms with Crippen molar-refractivity contribution in [1.82, 2.24) is 15.3 Å². The lowest BCUT2D eigenvalue weighted by atomic mass is 9.97. The molecule has 1 amide bonds. The lowest BCUT2D eigenvalue weighted by molar-refractivity contribution is 0.0937. The molecule has 0 saturated carbocycles. The van der Waals surface area contributed by atoms with E-state index in [-0.39, 0.29) is 17.8 Å². The van der Waals surface area contributed by atoms with Crippen LogP contribution in [-0.2, 0) is 11.2 Å². The monoisotopic (exact) mass is 426 g/mol. The topological polar surface area (TPSA) is 76.1 Å². The number of rotatable bonds is 7. The van der Waals surface area contributed by atoms with Crippen molar-refractivity contribution < 1.29 is 13.9 Å². The number of anilines is 1. The van der Waals surface area contributed by atoms with E-state index in [4.69, 9.17) is 9.72 Å². The van der Waals surface area contributed by atoms with Crippen LogP contribution in [0.2, 0.25) is 0 Å². The number of carbonyl (C=O) groups is 1. The lowest BCUT2D eigenvalue weighted by Gasteiger charge is -2.22. The Kier molecular flexibility index (Phi) is 6.35. The molecule has 156 valence electrons. The summed E-state index contributed by atoms with van der Waals surface area (Å²) in [5.41, 5.74) is 2.47. The van der Waals surface area contributed by atoms with Gasteiger partial charge in [-0.25, -0.2) is 14.4 Å². The Morgan fingerprint density at radius 2 is 2.10 bits per heavy atom. The van der Waals surface area contributed by atoms with Gasteiger partial charge in [-0.3, -0.25) is 4.79 Å². The third-order valence-corrected chi connectivity index (χ3v) is 6.16. The summed E-state index contributed by atoms with van der Waals surface area (Å²) in [5, 5.41) is 7.14. The van der Waals surface area contributed by atoms with E-state index in [0.29, 0.717) is 24.5 Å². The molecule has 1 atom stereocenters. The number of ether oxygens (including phenoxy) is 1. The highest BCUT2D eigenvalue weighted by molar-refractivity contribution is 7.15. The highest BCUT2D eigenvalue weighted by Gasteiger charge is 2.25. The third kappa shape index (κ3) is 4.66. The molecule has 4 rings (SSSR count). The van der Waals surface area contributed by atoms with Gasteiger partial charge in [0.05, 0.1) is 23.9 Å². The molecule has 3 aromatic rings. The van der Waals surface area contributed by atoms with Gasteiger partial charge in [0.2, 0.25) is 0 Å². The van der Waals surface area contributed by atoms with E-state index in [0.717, 1.165) is 35.5 Å². The van der Waals surface area contributed by atoms with Gasteiger partial charge >= 0.3 is 0 Å². The number of nitrogens with zero attached hydrogens (tertiary/aromatic N) is 2. The van der Waals surface area contributed by atoms with Gasteiger partial charge in [0, 0.05) is 30.3 Å². The number of benzene rings is 1. The molecule has 0 bridgehead atoms. The molecule has 8 heteroatoms. The largest absolute Gasteiger partial charge is 0.383 e. The fraction of sp³-hybridized carbons (Fsp3) is 0.318. The standard InChI is InChI=1S/C22H23FN4O2S/c1-29-12-11-24-21(28)15-7-10-19(25-13-15)26-17-3-2-4-18-20(17)27-22(30-18)14-5-8-16(23)9-6-14/h5-10,13,17H,2-4,11-12H2,1H3,(H,24,28)(H,25,26). The van der Waals surface area contributed by atoms with Crippen molar-refractivity contribution in [2.75, 3.05) is 25.6 Å². The molecule has 6 nitrogen and oxygen atoms in total. The molecule has 1 aliphatic carbocycles. The number of aromatic nitrogens is 2. The van der Waals surface area contributed by atoms with Crippen molar-refractivity contribution in [1.29, 1.82) is 0 Å². The minimum Gasteiger partial charge on any atom is -0.383 e. The Morgan fingerprint density at radius 3 is 2.83 bits per heavy atom. The fourth-order valence-corrected chi connectivity index (χ4v) is 4.61. The zero-order valence-corrected chi connectivity index (χ0v) is 17.5. The smallest absolute Gasteiger partial charge is 0.252 e. The molecule has 2 heterocycles. The second-order valence-electron chi connectivity index (χ2n) is 7.10. The minimum absolute atomic E-state index is 0.0630. The Bertz CT molecular complexity index is 1000. The molecule has 0 fully saturated rings. The first-order valence-electron chi connectivity index (χ1n) is 9.89. The number of fused-ring (bicyclic) bond motifs is 1. The van der Waals surface area contributed by atoms with E-state index in [1.54, 1.807) is 42.8 Å². The maximum atomic E-state index is 13.2. The summed E-state index contributed by atoms with van der Waals surface area (Å²) < 4.78 is 18.2. The zero-order valence-electron chi connectivity index (χ0n) is 16.7. The molecule has 1 unspecified atom stereocenters. The van der Waals surface area contributed by atoms with Crippen molar-refractivity contribution >= 4 is 23.1 Å². The Morgan fingerprint density at radius 1 is 1.27 bits per heavy atom. The van der Waals surface area contributed by atoms with Crippen molar-refractivity contribution in [3.05, 3.63) is 64.5 Å². The highest BCUT2D eigenvalue weighted by atomic mass is 32.1. The number of nitrogens with one attached hydrogen (secondary N) is 2. The quantitative estimate of drug-likeness (QED) is 0.554. The SMILES string of the molecule is COCCNC(=O)c1ccc(NC2CCCc3sc(-c4ccc(F)cc4)nc32)nc1. The van der Waals surface area contributed by atoms with Gasteiger partial charge in [0.15, 0.2) is 0 Å². The first-order valence-corrected chi connectivity index (χ1v) is 10.7. The summed E-state index contributed by atoms with van der Waals surface area (Å²) in [6.07, 6.45) is 4.59. The average molecular weight is 427 g/mol. The molecule has 2 N–H and O–H groups in total. The number of methoxy groups -OCH3 is 1. The Balaban J connectivity index is 1.46. The number of hydrogen-bond acceptors (Lipinski definition) is 6. The first kappa shape index (κ1) is 20.4. The van der Waals surface area contributed by atoms with Crippen LogP contribution < -0.4 is 10.6 Å². The van der Waals surface area contributed by atoms with Gasteiger partial charge in [-0.1, -0.05) is 0 Å². The lowest BCUT2D eigenvalue weighted by Crippen LogP contribution is -2.27. The number of halogens is 1. The van der Waals surface area contributed by atoms with Crippen LogP contribution in [0.1, 0.15) is 39.8 Å². The first-order chi connectivity index (χ1) is 14.6. The minimum atomic E-state index is -0.249. The number of aryl methyl sites for hydroxylation is 1. The molecule has 0 saturated heterocycles. The van der Waals surface area contributed by atoms with Crippen LogP contribution in [0, 0.1) is 5.82 Å². The maximum absolute atomic E-state index is 13.2. The number of amides is 1. The van der Waals surface area contributed by atoms with Crippen molar-refractivity contribution in [2.45, 2.75) is 25.3 Å². The van der Waals surface area contributed by atoms with Crippen LogP contribution in [0.15, 0.2) is 42.6 Å². The Hall–Kier alpha value is -2.84. The van der Waals surface area contributed by atoms with E-state index < -0.39 is 0 Å². The van der Waals surface area contributed by atoms with Gasteiger partial charge < -0.3 is 15.4 Å². The number of carbonyl (C=O) groups excluding carboxylic acids is 1. The molecule has 0 aliphatic heterocycles. The summed E-state index contributed by atoms with van der Waals surface area (Å²) in [6.45, 7) is 0.927. The normalized spacial score (nSPS) is 15.5. The van der Waals surface area contributed by atoms with Crippen LogP contribution >= 0.6 is 11.3 Å². The maximum Gasteiger partial charge on any atom is 0.252 e. The number of thiazole rings is 1. The second-order valence-corrected chi connectivity index (χ2v) is 8.19. The van der Waals surface area contributed by atoms with Crippen LogP contribution in [0.4, 0.5) is 10.2 Å². The molecule has 2 aromatic heterocycles. The van der Waals surface area contributed by atoms with Crippen molar-refractivity contribution in [2.24, 2.45) is 0 Å². The molecule has 30 heavy (non-hydrogen) atoms. The number of pyridine rings is 1. The summed E-state index contributed by atoms with van der Waals surface area (Å²) >= 11 is 1.67. The van der Waals surface area contributed by atoms with E-state index in [9.17, 15) is 9.18 Å². The van der Waals surface area contributed by atoms with Gasteiger partial charge in [0.1, 0.15) is 16.6 Å². The molecule has 1 aromatic carbocycles. The van der Waals surface area contributed by atoms with E-state index in [1.807, 2.05) is 6.07 Å². The van der Waals surface area contributed by atoms with Gasteiger partial charge in [0.25, 0.3) is 5.91 Å². The molecule has 1 aliphatic rings. The summed E-state index contributed by atoms with van der Waals surface area (Å²) in [7, 11) is 1.59. The van der Waals surface area contributed by atoms with Gasteiger partial charge in [-0.2, -0.15) is 0 Å². The zero-order chi connectivity index (χ0) is 20.9. The summed E-state index contributed by atoms with van der Waals surface area (Å²) in [4.78, 5) is 22.6. The van der Waals surface area contributed by atoms with E-state index >= 15 is 0 Å². The van der Waals surface area contributed by atoms with Gasteiger partial charge in [-0.15, -0.1) is 11.3 Å². The van der Waals surface area contributed by atoms with E-state index in [1.165, 1.54) is 17.0 Å². The highest BCUT2D eigenvalue weighted by Crippen LogP contribution is 2.38.